The zero-order valence-corrected chi connectivity index (χ0v) is 12.5. The van der Waals surface area contributed by atoms with E-state index in [9.17, 15) is 4.79 Å². The number of nitrogens with one attached hydrogen (secondary N) is 1. The van der Waals surface area contributed by atoms with E-state index in [1.807, 2.05) is 18.2 Å². The Bertz CT molecular complexity index is 627. The van der Waals surface area contributed by atoms with Crippen molar-refractivity contribution in [1.29, 1.82) is 0 Å². The van der Waals surface area contributed by atoms with E-state index in [-0.39, 0.29) is 11.8 Å². The van der Waals surface area contributed by atoms with Crippen LogP contribution < -0.4 is 5.32 Å². The average Bonchev–Trinajstić information content (AvgIpc) is 3.24. The molecule has 0 spiro atoms. The summed E-state index contributed by atoms with van der Waals surface area (Å²) in [6.07, 6.45) is 1.48. The Morgan fingerprint density at radius 3 is 3.00 bits per heavy atom. The predicted molar refractivity (Wildman–Crippen MR) is 79.0 cm³/mol. The van der Waals surface area contributed by atoms with Crippen LogP contribution in [-0.4, -0.2) is 29.8 Å². The third-order valence-electron chi connectivity index (χ3n) is 3.81. The first kappa shape index (κ1) is 14.7. The topological polar surface area (TPSA) is 77.2 Å². The number of benzene rings is 1. The maximum Gasteiger partial charge on any atom is 0.229 e. The minimum absolute atomic E-state index is 0.0529. The second kappa shape index (κ2) is 6.70. The summed E-state index contributed by atoms with van der Waals surface area (Å²) in [5, 5.41) is 6.72. The Morgan fingerprint density at radius 1 is 1.41 bits per heavy atom. The van der Waals surface area contributed by atoms with Crippen molar-refractivity contribution < 1.29 is 14.1 Å². The zero-order valence-electron chi connectivity index (χ0n) is 12.5. The van der Waals surface area contributed by atoms with Gasteiger partial charge in [-0.25, -0.2) is 0 Å². The fraction of sp³-hybridized carbons (Fsp3) is 0.438. The van der Waals surface area contributed by atoms with E-state index in [1.54, 1.807) is 7.11 Å². The highest BCUT2D eigenvalue weighted by molar-refractivity contribution is 5.82. The summed E-state index contributed by atoms with van der Waals surface area (Å²) >= 11 is 0. The van der Waals surface area contributed by atoms with Crippen LogP contribution in [-0.2, 0) is 22.5 Å². The van der Waals surface area contributed by atoms with E-state index in [1.165, 1.54) is 5.56 Å². The smallest absolute Gasteiger partial charge is 0.229 e. The summed E-state index contributed by atoms with van der Waals surface area (Å²) in [5.41, 5.74) is 1.23. The molecule has 1 heterocycles. The maximum absolute atomic E-state index is 12.1. The van der Waals surface area contributed by atoms with Crippen molar-refractivity contribution in [2.24, 2.45) is 5.92 Å². The van der Waals surface area contributed by atoms with Crippen LogP contribution in [0.1, 0.15) is 29.6 Å². The van der Waals surface area contributed by atoms with E-state index >= 15 is 0 Å². The maximum atomic E-state index is 12.1. The van der Waals surface area contributed by atoms with Crippen LogP contribution >= 0.6 is 0 Å². The largest absolute Gasteiger partial charge is 0.384 e. The number of carbonyl (C=O) groups is 1. The number of nitrogens with zero attached hydrogens (tertiary/aromatic N) is 2. The van der Waals surface area contributed by atoms with E-state index in [0.717, 1.165) is 6.42 Å². The first-order chi connectivity index (χ1) is 10.8. The molecular weight excluding hydrogens is 282 g/mol. The molecule has 116 valence electrons. The molecule has 1 aromatic carbocycles. The molecule has 6 nitrogen and oxygen atoms in total. The molecule has 0 aliphatic heterocycles. The van der Waals surface area contributed by atoms with Crippen molar-refractivity contribution in [1.82, 2.24) is 15.5 Å². The lowest BCUT2D eigenvalue weighted by molar-refractivity contribution is -0.122. The number of methoxy groups -OCH3 is 1. The number of aromatic nitrogens is 2. The van der Waals surface area contributed by atoms with Crippen molar-refractivity contribution in [2.45, 2.75) is 25.3 Å². The van der Waals surface area contributed by atoms with Crippen LogP contribution in [0.5, 0.6) is 0 Å². The molecule has 1 aliphatic carbocycles. The molecule has 6 heteroatoms. The van der Waals surface area contributed by atoms with Gasteiger partial charge in [-0.2, -0.15) is 4.98 Å². The standard InChI is InChI=1S/C16H19N3O3/c1-21-8-7-15-18-14(19-22-15)10-17-16(20)13-9-12(13)11-5-3-2-4-6-11/h2-6,12-13H,7-10H2,1H3,(H,17,20)/t12-,13+/m0/s1. The van der Waals surface area contributed by atoms with Crippen molar-refractivity contribution in [3.05, 3.63) is 47.6 Å². The monoisotopic (exact) mass is 301 g/mol. The fourth-order valence-electron chi connectivity index (χ4n) is 2.50. The molecule has 1 fully saturated rings. The molecule has 1 N–H and O–H groups in total. The molecule has 1 aliphatic rings. The van der Waals surface area contributed by atoms with Gasteiger partial charge in [0.25, 0.3) is 0 Å². The van der Waals surface area contributed by atoms with Crippen LogP contribution in [0.25, 0.3) is 0 Å². The van der Waals surface area contributed by atoms with Crippen LogP contribution in [0.15, 0.2) is 34.9 Å². The molecule has 0 unspecified atom stereocenters. The summed E-state index contributed by atoms with van der Waals surface area (Å²) in [7, 11) is 1.62. The van der Waals surface area contributed by atoms with Crippen LogP contribution in [0.4, 0.5) is 0 Å². The highest BCUT2D eigenvalue weighted by Crippen LogP contribution is 2.47. The summed E-state index contributed by atoms with van der Waals surface area (Å²) in [4.78, 5) is 16.3. The molecule has 0 bridgehead atoms. The van der Waals surface area contributed by atoms with Crippen molar-refractivity contribution in [3.63, 3.8) is 0 Å². The van der Waals surface area contributed by atoms with Crippen molar-refractivity contribution in [3.8, 4) is 0 Å². The molecule has 22 heavy (non-hydrogen) atoms. The van der Waals surface area contributed by atoms with Gasteiger partial charge >= 0.3 is 0 Å². The second-order valence-corrected chi connectivity index (χ2v) is 5.42. The minimum atomic E-state index is 0.0529. The number of carbonyl (C=O) groups excluding carboxylic acids is 1. The highest BCUT2D eigenvalue weighted by atomic mass is 16.5. The van der Waals surface area contributed by atoms with Crippen molar-refractivity contribution in [2.75, 3.05) is 13.7 Å². The Labute approximate surface area is 128 Å². The summed E-state index contributed by atoms with van der Waals surface area (Å²) in [5.74, 6) is 1.47. The third-order valence-corrected chi connectivity index (χ3v) is 3.81. The molecule has 3 rings (SSSR count). The molecular formula is C16H19N3O3. The van der Waals surface area contributed by atoms with Gasteiger partial charge in [-0.15, -0.1) is 0 Å². The van der Waals surface area contributed by atoms with E-state index in [2.05, 4.69) is 27.6 Å². The van der Waals surface area contributed by atoms with Gasteiger partial charge in [-0.1, -0.05) is 35.5 Å². The van der Waals surface area contributed by atoms with Crippen LogP contribution in [0, 0.1) is 5.92 Å². The van der Waals surface area contributed by atoms with Crippen LogP contribution in [0.2, 0.25) is 0 Å². The van der Waals surface area contributed by atoms with Gasteiger partial charge in [-0.3, -0.25) is 4.79 Å². The highest BCUT2D eigenvalue weighted by Gasteiger charge is 2.43. The molecule has 2 atom stereocenters. The molecule has 2 aromatic rings. The Hall–Kier alpha value is -2.21. The lowest BCUT2D eigenvalue weighted by atomic mass is 10.1. The minimum Gasteiger partial charge on any atom is -0.384 e. The Balaban J connectivity index is 1.46. The number of amides is 1. The number of ether oxygens (including phenoxy) is 1. The molecule has 1 aromatic heterocycles. The van der Waals surface area contributed by atoms with Gasteiger partial charge in [0.2, 0.25) is 11.8 Å². The number of hydrogen-bond donors (Lipinski definition) is 1. The Kier molecular flexibility index (Phi) is 4.48. The van der Waals surface area contributed by atoms with Gasteiger partial charge in [-0.05, 0) is 17.9 Å². The van der Waals surface area contributed by atoms with Gasteiger partial charge in [0, 0.05) is 13.0 Å². The van der Waals surface area contributed by atoms with Gasteiger partial charge < -0.3 is 14.6 Å². The van der Waals surface area contributed by atoms with Gasteiger partial charge in [0.05, 0.1) is 19.6 Å². The first-order valence-electron chi connectivity index (χ1n) is 7.41. The van der Waals surface area contributed by atoms with Crippen LogP contribution in [0.3, 0.4) is 0 Å². The summed E-state index contributed by atoms with van der Waals surface area (Å²) in [6.45, 7) is 0.835. The van der Waals surface area contributed by atoms with Crippen molar-refractivity contribution >= 4 is 5.91 Å². The molecule has 1 amide bonds. The van der Waals surface area contributed by atoms with E-state index in [0.29, 0.717) is 37.2 Å². The first-order valence-corrected chi connectivity index (χ1v) is 7.41. The predicted octanol–water partition coefficient (Wildman–Crippen LogP) is 1.68. The zero-order chi connectivity index (χ0) is 15.4. The second-order valence-electron chi connectivity index (χ2n) is 5.42. The third kappa shape index (κ3) is 3.51. The lowest BCUT2D eigenvalue weighted by Crippen LogP contribution is -2.25. The quantitative estimate of drug-likeness (QED) is 0.842. The summed E-state index contributed by atoms with van der Waals surface area (Å²) in [6, 6.07) is 10.1. The number of hydrogen-bond acceptors (Lipinski definition) is 5. The SMILES string of the molecule is COCCc1nc(CNC(=O)[C@@H]2C[C@H]2c2ccccc2)no1. The van der Waals surface area contributed by atoms with Gasteiger partial charge in [0.1, 0.15) is 0 Å². The molecule has 0 radical (unpaired) electrons. The average molecular weight is 301 g/mol. The fourth-order valence-corrected chi connectivity index (χ4v) is 2.50. The van der Waals surface area contributed by atoms with Gasteiger partial charge in [0.15, 0.2) is 5.82 Å². The number of rotatable bonds is 7. The van der Waals surface area contributed by atoms with E-state index in [4.69, 9.17) is 9.26 Å². The lowest BCUT2D eigenvalue weighted by Gasteiger charge is -2.02. The summed E-state index contributed by atoms with van der Waals surface area (Å²) < 4.78 is 10.0. The molecule has 0 saturated heterocycles. The molecule has 1 saturated carbocycles. The normalized spacial score (nSPS) is 19.9. The van der Waals surface area contributed by atoms with E-state index < -0.39 is 0 Å². The Morgan fingerprint density at radius 2 is 2.23 bits per heavy atom.